The first kappa shape index (κ1) is 58.3. The van der Waals surface area contributed by atoms with E-state index in [9.17, 15) is 38.4 Å². The largest absolute Gasteiger partial charge is 0.399 e. The Balaban J connectivity index is 1.27. The Bertz CT molecular complexity index is 2480. The van der Waals surface area contributed by atoms with E-state index < -0.39 is 94.6 Å². The Morgan fingerprint density at radius 1 is 0.635 bits per heavy atom. The topological polar surface area (TPSA) is 257 Å². The van der Waals surface area contributed by atoms with Gasteiger partial charge in [0.1, 0.15) is 30.2 Å². The minimum absolute atomic E-state index is 0.0625. The molecule has 2 saturated heterocycles. The smallest absolute Gasteiger partial charge is 0.251 e. The number of halogens is 1. The maximum Gasteiger partial charge on any atom is 0.251 e. The second-order valence-corrected chi connectivity index (χ2v) is 21.9. The van der Waals surface area contributed by atoms with Gasteiger partial charge in [-0.05, 0) is 98.5 Å². The van der Waals surface area contributed by atoms with Crippen LogP contribution in [0.5, 0.6) is 0 Å². The third kappa shape index (κ3) is 15.3. The molecule has 8 atom stereocenters. The second kappa shape index (κ2) is 25.6. The average molecular weight is 1040 g/mol. The number of nitrogens with zero attached hydrogens (tertiary/aromatic N) is 3. The van der Waals surface area contributed by atoms with E-state index in [1.807, 2.05) is 90.1 Å². The Kier molecular flexibility index (Phi) is 20.2. The van der Waals surface area contributed by atoms with Crippen molar-refractivity contribution in [1.29, 1.82) is 0 Å². The Hall–Kier alpha value is -6.57. The molecule has 9 N–H and O–H groups in total. The van der Waals surface area contributed by atoms with E-state index in [1.165, 1.54) is 32.4 Å². The van der Waals surface area contributed by atoms with E-state index in [0.717, 1.165) is 0 Å². The fraction of sp³-hybridized carbons (Fsp3) is 0.519. The number of amides is 8. The van der Waals surface area contributed by atoms with Gasteiger partial charge in [-0.25, -0.2) is 4.42 Å². The van der Waals surface area contributed by atoms with Crippen LogP contribution in [-0.4, -0.2) is 138 Å². The average Bonchev–Trinajstić information content (AvgIpc) is 4.07. The van der Waals surface area contributed by atoms with Crippen molar-refractivity contribution in [3.05, 3.63) is 101 Å². The molecule has 2 fully saturated rings. The molecule has 19 nitrogen and oxygen atoms in total. The number of carbonyl (C=O) groups is 8. The molecule has 2 heterocycles. The Morgan fingerprint density at radius 3 is 1.39 bits per heavy atom. The molecular formula is C54H76ClN11O8. The van der Waals surface area contributed by atoms with Crippen molar-refractivity contribution in [1.82, 2.24) is 51.4 Å². The lowest BCUT2D eigenvalue weighted by molar-refractivity contribution is -0.144. The summed E-state index contributed by atoms with van der Waals surface area (Å²) in [5, 5.41) is 20.5. The predicted octanol–water partition coefficient (Wildman–Crippen LogP) is 3.57. The van der Waals surface area contributed by atoms with Gasteiger partial charge in [0.05, 0.1) is 18.1 Å². The van der Waals surface area contributed by atoms with E-state index in [-0.39, 0.29) is 41.7 Å². The number of benzene rings is 3. The van der Waals surface area contributed by atoms with Gasteiger partial charge in [0.2, 0.25) is 35.4 Å². The highest BCUT2D eigenvalue weighted by Crippen LogP contribution is 2.29. The minimum atomic E-state index is -0.947. The summed E-state index contributed by atoms with van der Waals surface area (Å²) in [6, 6.07) is 16.2. The molecule has 5 rings (SSSR count). The van der Waals surface area contributed by atoms with E-state index in [0.29, 0.717) is 49.9 Å². The van der Waals surface area contributed by atoms with Crippen LogP contribution in [0.15, 0.2) is 78.9 Å². The fourth-order valence-electron chi connectivity index (χ4n) is 8.98. The summed E-state index contributed by atoms with van der Waals surface area (Å²) in [6.45, 7) is 14.9. The molecule has 0 radical (unpaired) electrons. The first-order valence-corrected chi connectivity index (χ1v) is 25.6. The first-order chi connectivity index (χ1) is 34.8. The van der Waals surface area contributed by atoms with E-state index in [1.54, 1.807) is 40.1 Å². The van der Waals surface area contributed by atoms with Gasteiger partial charge in [-0.2, -0.15) is 0 Å². The molecule has 74 heavy (non-hydrogen) atoms. The Morgan fingerprint density at radius 2 is 1.03 bits per heavy atom. The molecule has 0 aromatic heterocycles. The van der Waals surface area contributed by atoms with Crippen molar-refractivity contribution >= 4 is 64.7 Å². The van der Waals surface area contributed by atoms with Crippen LogP contribution >= 0.6 is 11.8 Å². The lowest BCUT2D eigenvalue weighted by atomic mass is 9.85. The molecule has 2 aliphatic rings. The van der Waals surface area contributed by atoms with Crippen LogP contribution in [0.4, 0.5) is 5.69 Å². The van der Waals surface area contributed by atoms with Crippen molar-refractivity contribution in [3.63, 3.8) is 0 Å². The number of nitrogens with two attached hydrogens (primary N) is 1. The highest BCUT2D eigenvalue weighted by Gasteiger charge is 2.44. The first-order valence-electron chi connectivity index (χ1n) is 25.3. The third-order valence-electron chi connectivity index (χ3n) is 13.7. The van der Waals surface area contributed by atoms with Gasteiger partial charge >= 0.3 is 0 Å². The number of hydrogen-bond donors (Lipinski definition) is 8. The molecule has 402 valence electrons. The molecule has 2 aliphatic heterocycles. The van der Waals surface area contributed by atoms with Gasteiger partial charge in [-0.3, -0.25) is 38.4 Å². The molecule has 3 aromatic rings. The van der Waals surface area contributed by atoms with Crippen molar-refractivity contribution in [2.24, 2.45) is 10.8 Å². The van der Waals surface area contributed by atoms with Crippen molar-refractivity contribution < 1.29 is 38.4 Å². The van der Waals surface area contributed by atoms with Crippen LogP contribution in [0.2, 0.25) is 0 Å². The zero-order chi connectivity index (χ0) is 54.7. The number of likely N-dealkylation sites (tertiary alicyclic amines) is 2. The normalized spacial score (nSPS) is 18.3. The van der Waals surface area contributed by atoms with Crippen molar-refractivity contribution in [3.8, 4) is 0 Å². The lowest BCUT2D eigenvalue weighted by Crippen LogP contribution is -2.59. The van der Waals surface area contributed by atoms with E-state index >= 15 is 0 Å². The summed E-state index contributed by atoms with van der Waals surface area (Å²) in [5.41, 5.74) is 6.60. The summed E-state index contributed by atoms with van der Waals surface area (Å²) in [6.07, 6.45) is 1.94. The molecule has 0 saturated carbocycles. The van der Waals surface area contributed by atoms with Crippen LogP contribution in [-0.2, 0) is 28.8 Å². The van der Waals surface area contributed by atoms with Crippen LogP contribution in [0.25, 0.3) is 0 Å². The second-order valence-electron chi connectivity index (χ2n) is 21.4. The van der Waals surface area contributed by atoms with Crippen molar-refractivity contribution in [2.75, 3.05) is 46.0 Å². The molecule has 0 bridgehead atoms. The quantitative estimate of drug-likeness (QED) is 0.0600. The molecule has 0 spiro atoms. The molecule has 8 amide bonds. The van der Waals surface area contributed by atoms with Gasteiger partial charge in [-0.1, -0.05) is 102 Å². The lowest BCUT2D eigenvalue weighted by Gasteiger charge is -2.36. The number of likely N-dealkylation sites (N-methyl/N-ethyl adjacent to an activating group) is 2. The summed E-state index contributed by atoms with van der Waals surface area (Å²) >= 11 is 6.05. The summed E-state index contributed by atoms with van der Waals surface area (Å²) in [4.78, 5) is 113. The standard InChI is InChI=1S/C54H76ClN11O8/c1-32(57-9)45(67)62-43(53(3,4)5)51(73)65-25-17-23-41(65)49(71)60-39(34-19-13-11-14-20-34)30-58-47(69)36-27-37(29-38(56)28-36)48(70)59-31-40(35-21-15-12-16-22-35)61-50(72)42-24-18-26-66(42)52(74)44(54(6,7)8)63-46(68)33(2)64(10)55/h11-16,19-22,27-29,32-33,39-44,57H,17-18,23-26,30-31,56H2,1-10H3,(H,58,69)(H,59,70)(H,60,71)(H,61,72)(H,62,67)(H,63,68)/t32-,33-,39+,40+,41-,42-,43+,44+/m0/s1. The molecule has 0 unspecified atom stereocenters. The monoisotopic (exact) mass is 1040 g/mol. The number of hydrogen-bond acceptors (Lipinski definition) is 11. The number of rotatable bonds is 20. The highest BCUT2D eigenvalue weighted by atomic mass is 35.5. The van der Waals surface area contributed by atoms with Crippen molar-refractivity contribution in [2.45, 2.75) is 129 Å². The van der Waals surface area contributed by atoms with Gasteiger partial charge in [0.25, 0.3) is 11.8 Å². The van der Waals surface area contributed by atoms with E-state index in [2.05, 4.69) is 37.2 Å². The number of nitrogen functional groups attached to an aromatic ring is 1. The van der Waals surface area contributed by atoms with Crippen LogP contribution in [0.1, 0.15) is 125 Å². The molecule has 3 aromatic carbocycles. The number of carbonyl (C=O) groups excluding carboxylic acids is 8. The minimum Gasteiger partial charge on any atom is -0.399 e. The van der Waals surface area contributed by atoms with Gasteiger partial charge in [0.15, 0.2) is 0 Å². The van der Waals surface area contributed by atoms with Gasteiger partial charge in [0, 0.05) is 50.0 Å². The zero-order valence-electron chi connectivity index (χ0n) is 44.3. The fourth-order valence-corrected chi connectivity index (χ4v) is 9.06. The summed E-state index contributed by atoms with van der Waals surface area (Å²) < 4.78 is 1.23. The third-order valence-corrected chi connectivity index (χ3v) is 14.0. The number of nitrogens with one attached hydrogen (secondary N) is 7. The summed E-state index contributed by atoms with van der Waals surface area (Å²) in [5.74, 6) is -3.50. The van der Waals surface area contributed by atoms with E-state index in [4.69, 9.17) is 17.5 Å². The van der Waals surface area contributed by atoms with Crippen LogP contribution in [0.3, 0.4) is 0 Å². The maximum absolute atomic E-state index is 14.2. The number of anilines is 1. The predicted molar refractivity (Wildman–Crippen MR) is 284 cm³/mol. The summed E-state index contributed by atoms with van der Waals surface area (Å²) in [7, 11) is 3.20. The highest BCUT2D eigenvalue weighted by molar-refractivity contribution is 6.14. The SMILES string of the molecule is CN[C@@H](C)C(=O)N[C@H](C(=O)N1CCC[C@H]1C(=O)N[C@H](CNC(=O)c1cc(N)cc(C(=O)NC[C@@H](NC(=O)[C@@H]2CCCN2C(=O)[C@@H](NC(=O)[C@H](C)N(C)Cl)C(C)(C)C)c2ccccc2)c1)c1ccccc1)C(C)(C)C. The molecular weight excluding hydrogens is 966 g/mol. The zero-order valence-corrected chi connectivity index (χ0v) is 45.1. The molecule has 0 aliphatic carbocycles. The maximum atomic E-state index is 14.2. The van der Waals surface area contributed by atoms with Crippen LogP contribution in [0, 0.1) is 10.8 Å². The molecule has 20 heteroatoms. The Labute approximate surface area is 440 Å². The van der Waals surface area contributed by atoms with Crippen LogP contribution < -0.4 is 43.0 Å². The van der Waals surface area contributed by atoms with Gasteiger partial charge in [-0.15, -0.1) is 0 Å². The van der Waals surface area contributed by atoms with Gasteiger partial charge < -0.3 is 52.8 Å².